The first-order valence-corrected chi connectivity index (χ1v) is 10.6. The van der Waals surface area contributed by atoms with Crippen LogP contribution in [0.15, 0.2) is 42.5 Å². The molecule has 2 aromatic carbocycles. The van der Waals surface area contributed by atoms with Crippen LogP contribution >= 0.6 is 0 Å². The molecule has 0 saturated carbocycles. The Morgan fingerprint density at radius 1 is 1.16 bits per heavy atom. The van der Waals surface area contributed by atoms with Gasteiger partial charge in [-0.1, -0.05) is 12.1 Å². The van der Waals surface area contributed by atoms with Gasteiger partial charge in [-0.2, -0.15) is 0 Å². The minimum atomic E-state index is -0.173. The number of aromatic nitrogens is 2. The zero-order valence-electron chi connectivity index (χ0n) is 17.7. The lowest BCUT2D eigenvalue weighted by Crippen LogP contribution is -2.33. The van der Waals surface area contributed by atoms with Gasteiger partial charge in [0.25, 0.3) is 11.8 Å². The van der Waals surface area contributed by atoms with Crippen LogP contribution in [0.2, 0.25) is 0 Å². The largest absolute Gasteiger partial charge is 0.384 e. The number of nitrogens with zero attached hydrogens (tertiary/aromatic N) is 2. The fourth-order valence-electron chi connectivity index (χ4n) is 4.53. The Morgan fingerprint density at radius 2 is 2.00 bits per heavy atom. The Balaban J connectivity index is 1.42. The Morgan fingerprint density at radius 3 is 2.81 bits per heavy atom. The van der Waals surface area contributed by atoms with E-state index in [4.69, 9.17) is 11.5 Å². The van der Waals surface area contributed by atoms with Crippen molar-refractivity contribution in [2.45, 2.75) is 26.4 Å². The molecule has 3 heterocycles. The van der Waals surface area contributed by atoms with Gasteiger partial charge in [0, 0.05) is 41.5 Å². The highest BCUT2D eigenvalue weighted by Crippen LogP contribution is 2.30. The standard InChI is InChI=1S/C24H24N6O2/c1-2-30-19-6-5-15(10-18(19)16-7-8-27-24(32)21(16)30)23(31)28-12-13-3-4-14-11-20(25)29-22(26)17(14)9-13/h3-6,9-11H,2,7-8,12H2,1H3,(H,27,32)(H,28,31)(H4,25,26,29). The molecule has 0 fully saturated rings. The van der Waals surface area contributed by atoms with Crippen molar-refractivity contribution in [1.29, 1.82) is 0 Å². The number of pyridine rings is 1. The molecule has 0 unspecified atom stereocenters. The Bertz CT molecular complexity index is 1410. The molecule has 4 aromatic rings. The number of benzene rings is 2. The molecule has 8 nitrogen and oxygen atoms in total. The molecule has 0 aliphatic carbocycles. The van der Waals surface area contributed by atoms with Crippen LogP contribution in [0.1, 0.15) is 38.9 Å². The molecule has 2 amide bonds. The average molecular weight is 428 g/mol. The first-order chi connectivity index (χ1) is 15.5. The van der Waals surface area contributed by atoms with E-state index in [2.05, 4.69) is 15.6 Å². The number of anilines is 2. The third-order valence-corrected chi connectivity index (χ3v) is 6.02. The van der Waals surface area contributed by atoms with Gasteiger partial charge in [0.2, 0.25) is 0 Å². The normalized spacial score (nSPS) is 13.2. The highest BCUT2D eigenvalue weighted by atomic mass is 16.2. The quantitative estimate of drug-likeness (QED) is 0.397. The van der Waals surface area contributed by atoms with Gasteiger partial charge in [-0.05, 0) is 60.2 Å². The molecular formula is C24H24N6O2. The number of fused-ring (bicyclic) bond motifs is 4. The SMILES string of the molecule is CCn1c2c(c3cc(C(=O)NCc4ccc5cc(N)nc(N)c5c4)ccc31)CCNC2=O. The van der Waals surface area contributed by atoms with E-state index in [-0.39, 0.29) is 11.8 Å². The lowest BCUT2D eigenvalue weighted by molar-refractivity contribution is 0.0933. The van der Waals surface area contributed by atoms with Gasteiger partial charge in [0.1, 0.15) is 17.3 Å². The molecule has 5 rings (SSSR count). The molecular weight excluding hydrogens is 404 g/mol. The summed E-state index contributed by atoms with van der Waals surface area (Å²) in [5.74, 6) is 0.520. The average Bonchev–Trinajstić information content (AvgIpc) is 3.11. The van der Waals surface area contributed by atoms with Crippen molar-refractivity contribution in [2.75, 3.05) is 18.0 Å². The second-order valence-corrected chi connectivity index (χ2v) is 7.98. The molecule has 162 valence electrons. The maximum absolute atomic E-state index is 12.9. The second kappa shape index (κ2) is 7.56. The lowest BCUT2D eigenvalue weighted by atomic mass is 10.0. The highest BCUT2D eigenvalue weighted by Gasteiger charge is 2.25. The van der Waals surface area contributed by atoms with Crippen molar-refractivity contribution in [3.63, 3.8) is 0 Å². The fraction of sp³-hybridized carbons (Fsp3) is 0.208. The molecule has 0 saturated heterocycles. The van der Waals surface area contributed by atoms with Crippen LogP contribution in [-0.4, -0.2) is 27.9 Å². The second-order valence-electron chi connectivity index (χ2n) is 7.98. The monoisotopic (exact) mass is 428 g/mol. The van der Waals surface area contributed by atoms with E-state index in [1.807, 2.05) is 41.8 Å². The van der Waals surface area contributed by atoms with Gasteiger partial charge in [0.15, 0.2) is 0 Å². The number of nitrogens with one attached hydrogen (secondary N) is 2. The number of nitrogen functional groups attached to an aromatic ring is 2. The molecule has 8 heteroatoms. The summed E-state index contributed by atoms with van der Waals surface area (Å²) in [6.45, 7) is 3.67. The zero-order chi connectivity index (χ0) is 22.4. The summed E-state index contributed by atoms with van der Waals surface area (Å²) in [7, 11) is 0. The topological polar surface area (TPSA) is 128 Å². The number of hydrogen-bond acceptors (Lipinski definition) is 5. The van der Waals surface area contributed by atoms with E-state index >= 15 is 0 Å². The summed E-state index contributed by atoms with van der Waals surface area (Å²) in [4.78, 5) is 29.4. The van der Waals surface area contributed by atoms with Crippen LogP contribution in [0.3, 0.4) is 0 Å². The number of carbonyl (C=O) groups excluding carboxylic acids is 2. The molecule has 1 aliphatic rings. The van der Waals surface area contributed by atoms with Crippen LogP contribution in [0, 0.1) is 0 Å². The van der Waals surface area contributed by atoms with Gasteiger partial charge in [-0.3, -0.25) is 9.59 Å². The van der Waals surface area contributed by atoms with E-state index in [0.29, 0.717) is 42.5 Å². The first kappa shape index (κ1) is 19.9. The summed E-state index contributed by atoms with van der Waals surface area (Å²) >= 11 is 0. The number of rotatable bonds is 4. The first-order valence-electron chi connectivity index (χ1n) is 10.6. The van der Waals surface area contributed by atoms with Crippen LogP contribution in [-0.2, 0) is 19.5 Å². The Labute approximate surface area is 184 Å². The lowest BCUT2D eigenvalue weighted by Gasteiger charge is -2.15. The number of aryl methyl sites for hydroxylation is 1. The highest BCUT2D eigenvalue weighted by molar-refractivity contribution is 6.05. The number of amides is 2. The summed E-state index contributed by atoms with van der Waals surface area (Å²) < 4.78 is 2.01. The van der Waals surface area contributed by atoms with Gasteiger partial charge >= 0.3 is 0 Å². The molecule has 2 aromatic heterocycles. The molecule has 0 radical (unpaired) electrons. The third kappa shape index (κ3) is 3.20. The Hall–Kier alpha value is -4.07. The van der Waals surface area contributed by atoms with Gasteiger partial charge < -0.3 is 26.7 Å². The van der Waals surface area contributed by atoms with Gasteiger partial charge in [-0.15, -0.1) is 0 Å². The maximum atomic E-state index is 12.9. The van der Waals surface area contributed by atoms with Crippen LogP contribution in [0.25, 0.3) is 21.7 Å². The summed E-state index contributed by atoms with van der Waals surface area (Å²) in [5.41, 5.74) is 15.9. The van der Waals surface area contributed by atoms with E-state index in [9.17, 15) is 9.59 Å². The smallest absolute Gasteiger partial charge is 0.268 e. The van der Waals surface area contributed by atoms with E-state index in [1.54, 1.807) is 12.1 Å². The molecule has 6 N–H and O–H groups in total. The predicted molar refractivity (Wildman–Crippen MR) is 125 cm³/mol. The number of nitrogens with two attached hydrogens (primary N) is 2. The zero-order valence-corrected chi connectivity index (χ0v) is 17.7. The van der Waals surface area contributed by atoms with Crippen LogP contribution < -0.4 is 22.1 Å². The Kier molecular flexibility index (Phi) is 4.70. The molecule has 0 spiro atoms. The molecule has 0 bridgehead atoms. The summed E-state index contributed by atoms with van der Waals surface area (Å²) in [5, 5.41) is 8.56. The van der Waals surface area contributed by atoms with E-state index in [1.165, 1.54) is 0 Å². The molecule has 1 aliphatic heterocycles. The van der Waals surface area contributed by atoms with E-state index in [0.717, 1.165) is 39.2 Å². The van der Waals surface area contributed by atoms with Crippen LogP contribution in [0.4, 0.5) is 11.6 Å². The van der Waals surface area contributed by atoms with Crippen molar-refractivity contribution in [1.82, 2.24) is 20.2 Å². The molecule has 0 atom stereocenters. The number of hydrogen-bond donors (Lipinski definition) is 4. The fourth-order valence-corrected chi connectivity index (χ4v) is 4.53. The third-order valence-electron chi connectivity index (χ3n) is 6.02. The van der Waals surface area contributed by atoms with Gasteiger partial charge in [0.05, 0.1) is 0 Å². The van der Waals surface area contributed by atoms with Crippen molar-refractivity contribution in [3.05, 3.63) is 64.8 Å². The van der Waals surface area contributed by atoms with Crippen molar-refractivity contribution in [2.24, 2.45) is 0 Å². The number of carbonyl (C=O) groups is 2. The summed E-state index contributed by atoms with van der Waals surface area (Å²) in [6.07, 6.45) is 0.757. The maximum Gasteiger partial charge on any atom is 0.268 e. The van der Waals surface area contributed by atoms with Crippen molar-refractivity contribution >= 4 is 45.1 Å². The van der Waals surface area contributed by atoms with Gasteiger partial charge in [-0.25, -0.2) is 4.98 Å². The van der Waals surface area contributed by atoms with E-state index < -0.39 is 0 Å². The minimum Gasteiger partial charge on any atom is -0.384 e. The van der Waals surface area contributed by atoms with Crippen LogP contribution in [0.5, 0.6) is 0 Å². The molecule has 32 heavy (non-hydrogen) atoms. The summed E-state index contributed by atoms with van der Waals surface area (Å²) in [6, 6.07) is 13.1. The minimum absolute atomic E-state index is 0.0536. The predicted octanol–water partition coefficient (Wildman–Crippen LogP) is 2.59. The van der Waals surface area contributed by atoms with Crippen molar-refractivity contribution < 1.29 is 9.59 Å². The van der Waals surface area contributed by atoms with Crippen molar-refractivity contribution in [3.8, 4) is 0 Å².